The number of hydrogen-bond donors (Lipinski definition) is 2. The molecule has 1 aliphatic rings. The molecule has 18 heteroatoms. The molecule has 0 bridgehead atoms. The van der Waals surface area contributed by atoms with Crippen LogP contribution in [0.5, 0.6) is 0 Å². The Morgan fingerprint density at radius 3 is 1.55 bits per heavy atom. The summed E-state index contributed by atoms with van der Waals surface area (Å²) in [5, 5.41) is 17.7. The third-order valence-corrected chi connectivity index (χ3v) is 11.7. The molecule has 2 N–H and O–H groups in total. The molecule has 0 spiro atoms. The molecule has 0 saturated carbocycles. The SMILES string of the molecule is C=C(C)C(=O)OCCO.C=C(C)C(=O)OCCOC(O)COCCC[Si](OC)(OC)OC.CO[Si](CCCOCC1CO1)(OC)OC. The van der Waals surface area contributed by atoms with E-state index in [1.54, 1.807) is 56.5 Å². The van der Waals surface area contributed by atoms with E-state index in [0.717, 1.165) is 19.1 Å². The normalized spacial score (nSPS) is 14.6. The number of hydrogen-bond acceptors (Lipinski definition) is 16. The van der Waals surface area contributed by atoms with Crippen molar-refractivity contribution in [2.75, 3.05) is 102 Å². The van der Waals surface area contributed by atoms with Gasteiger partial charge in [0, 0.05) is 79.1 Å². The lowest BCUT2D eigenvalue weighted by molar-refractivity contribution is -0.156. The average Bonchev–Trinajstić information content (AvgIpc) is 3.91. The van der Waals surface area contributed by atoms with Crippen LogP contribution in [0.15, 0.2) is 24.3 Å². The Hall–Kier alpha value is -1.63. The second-order valence-electron chi connectivity index (χ2n) is 9.78. The van der Waals surface area contributed by atoms with E-state index in [9.17, 15) is 14.7 Å². The second kappa shape index (κ2) is 29.3. The third-order valence-electron chi connectivity index (χ3n) is 6.02. The van der Waals surface area contributed by atoms with Crippen molar-refractivity contribution in [3.8, 4) is 0 Å². The summed E-state index contributed by atoms with van der Waals surface area (Å²) < 4.78 is 61.8. The first kappa shape index (κ1) is 47.5. The van der Waals surface area contributed by atoms with Crippen LogP contribution in [0.3, 0.4) is 0 Å². The molecule has 1 heterocycles. The van der Waals surface area contributed by atoms with Crippen molar-refractivity contribution in [2.24, 2.45) is 0 Å². The fourth-order valence-electron chi connectivity index (χ4n) is 3.21. The van der Waals surface area contributed by atoms with E-state index in [2.05, 4.69) is 17.9 Å². The number of esters is 2. The van der Waals surface area contributed by atoms with Gasteiger partial charge in [0.25, 0.3) is 0 Å². The predicted octanol–water partition coefficient (Wildman–Crippen LogP) is 1.49. The minimum absolute atomic E-state index is 0.0237. The first-order chi connectivity index (χ1) is 22.3. The highest BCUT2D eigenvalue weighted by molar-refractivity contribution is 6.60. The molecule has 0 aromatic heterocycles. The minimum atomic E-state index is -2.57. The summed E-state index contributed by atoms with van der Waals surface area (Å²) in [5.41, 5.74) is 0.667. The van der Waals surface area contributed by atoms with E-state index in [0.29, 0.717) is 49.5 Å². The van der Waals surface area contributed by atoms with Gasteiger partial charge in [0.05, 0.1) is 33.0 Å². The predicted molar refractivity (Wildman–Crippen MR) is 174 cm³/mol. The first-order valence-corrected chi connectivity index (χ1v) is 18.8. The molecule has 278 valence electrons. The summed E-state index contributed by atoms with van der Waals surface area (Å²) in [6.07, 6.45) is 0.811. The molecule has 1 saturated heterocycles. The van der Waals surface area contributed by atoms with E-state index in [1.165, 1.54) is 0 Å². The Labute approximate surface area is 281 Å². The van der Waals surface area contributed by atoms with Gasteiger partial charge in [-0.25, -0.2) is 9.59 Å². The maximum atomic E-state index is 11.1. The van der Waals surface area contributed by atoms with Gasteiger partial charge >= 0.3 is 29.5 Å². The fourth-order valence-corrected chi connectivity index (χ4v) is 6.59. The fraction of sp³-hybridized carbons (Fsp3) is 0.793. The molecule has 1 rings (SSSR count). The molecule has 1 fully saturated rings. The lowest BCUT2D eigenvalue weighted by atomic mass is 10.4. The Kier molecular flexibility index (Phi) is 29.6. The monoisotopic (exact) mass is 718 g/mol. The molecule has 0 aliphatic carbocycles. The number of carbonyl (C=O) groups excluding carboxylic acids is 2. The van der Waals surface area contributed by atoms with Crippen molar-refractivity contribution in [1.82, 2.24) is 0 Å². The molecule has 0 aromatic carbocycles. The van der Waals surface area contributed by atoms with E-state index < -0.39 is 35.8 Å². The first-order valence-electron chi connectivity index (χ1n) is 15.0. The van der Waals surface area contributed by atoms with Crippen LogP contribution in [-0.2, 0) is 64.6 Å². The Balaban J connectivity index is 0. The third kappa shape index (κ3) is 25.1. The average molecular weight is 719 g/mol. The van der Waals surface area contributed by atoms with E-state index in [-0.39, 0.29) is 33.0 Å². The van der Waals surface area contributed by atoms with Gasteiger partial charge in [-0.15, -0.1) is 0 Å². The number of epoxide rings is 1. The van der Waals surface area contributed by atoms with Crippen molar-refractivity contribution in [3.63, 3.8) is 0 Å². The van der Waals surface area contributed by atoms with Crippen LogP contribution in [0.2, 0.25) is 12.1 Å². The summed E-state index contributed by atoms with van der Waals surface area (Å²) in [4.78, 5) is 21.6. The van der Waals surface area contributed by atoms with Gasteiger partial charge < -0.3 is 65.2 Å². The highest BCUT2D eigenvalue weighted by Gasteiger charge is 2.37. The van der Waals surface area contributed by atoms with Crippen LogP contribution in [0, 0.1) is 0 Å². The van der Waals surface area contributed by atoms with Gasteiger partial charge in [-0.2, -0.15) is 0 Å². The number of aliphatic hydroxyl groups is 2. The molecular formula is C29H58O16Si2. The molecule has 0 aromatic rings. The van der Waals surface area contributed by atoms with Gasteiger partial charge in [-0.05, 0) is 26.7 Å². The lowest BCUT2D eigenvalue weighted by Gasteiger charge is -2.24. The maximum absolute atomic E-state index is 11.1. The van der Waals surface area contributed by atoms with Crippen LogP contribution in [0.4, 0.5) is 0 Å². The molecule has 1 aliphatic heterocycles. The Bertz CT molecular complexity index is 819. The zero-order chi connectivity index (χ0) is 36.1. The van der Waals surface area contributed by atoms with Crippen LogP contribution >= 0.6 is 0 Å². The van der Waals surface area contributed by atoms with Crippen molar-refractivity contribution in [1.29, 1.82) is 0 Å². The van der Waals surface area contributed by atoms with E-state index in [4.69, 9.17) is 55.3 Å². The van der Waals surface area contributed by atoms with Crippen molar-refractivity contribution >= 4 is 29.5 Å². The molecule has 16 nitrogen and oxygen atoms in total. The second-order valence-corrected chi connectivity index (χ2v) is 16.0. The van der Waals surface area contributed by atoms with Gasteiger partial charge in [-0.3, -0.25) is 0 Å². The smallest absolute Gasteiger partial charge is 0.460 e. The zero-order valence-electron chi connectivity index (χ0n) is 29.4. The van der Waals surface area contributed by atoms with Crippen molar-refractivity contribution < 1.29 is 74.8 Å². The summed E-state index contributed by atoms with van der Waals surface area (Å²) >= 11 is 0. The highest BCUT2D eigenvalue weighted by atomic mass is 28.4. The molecule has 2 unspecified atom stereocenters. The molecule has 0 amide bonds. The Morgan fingerprint density at radius 2 is 1.17 bits per heavy atom. The van der Waals surface area contributed by atoms with Crippen LogP contribution in [-0.4, -0.2) is 154 Å². The zero-order valence-corrected chi connectivity index (χ0v) is 31.4. The quantitative estimate of drug-likeness (QED) is 0.0327. The van der Waals surface area contributed by atoms with Crippen LogP contribution in [0.25, 0.3) is 0 Å². The van der Waals surface area contributed by atoms with Crippen molar-refractivity contribution in [3.05, 3.63) is 24.3 Å². The number of aliphatic hydroxyl groups excluding tert-OH is 2. The van der Waals surface area contributed by atoms with Gasteiger partial charge in [0.2, 0.25) is 0 Å². The lowest BCUT2D eigenvalue weighted by Crippen LogP contribution is -2.42. The largest absolute Gasteiger partial charge is 0.500 e. The maximum Gasteiger partial charge on any atom is 0.500 e. The summed E-state index contributed by atoms with van der Waals surface area (Å²) in [7, 11) is 4.57. The molecule has 2 atom stereocenters. The highest BCUT2D eigenvalue weighted by Crippen LogP contribution is 2.16. The summed E-state index contributed by atoms with van der Waals surface area (Å²) in [5.74, 6) is -0.939. The van der Waals surface area contributed by atoms with E-state index in [1.807, 2.05) is 0 Å². The molecule has 47 heavy (non-hydrogen) atoms. The summed E-state index contributed by atoms with van der Waals surface area (Å²) in [6, 6.07) is 1.40. The Morgan fingerprint density at radius 1 is 0.745 bits per heavy atom. The van der Waals surface area contributed by atoms with Crippen LogP contribution < -0.4 is 0 Å². The number of rotatable bonds is 26. The molecular weight excluding hydrogens is 660 g/mol. The van der Waals surface area contributed by atoms with Gasteiger partial charge in [0.1, 0.15) is 19.3 Å². The van der Waals surface area contributed by atoms with Gasteiger partial charge in [0.15, 0.2) is 6.29 Å². The van der Waals surface area contributed by atoms with Crippen molar-refractivity contribution in [2.45, 2.75) is 51.2 Å². The topological polar surface area (TPSA) is 189 Å². The van der Waals surface area contributed by atoms with E-state index >= 15 is 0 Å². The number of carbonyl (C=O) groups is 2. The van der Waals surface area contributed by atoms with Gasteiger partial charge in [-0.1, -0.05) is 13.2 Å². The summed E-state index contributed by atoms with van der Waals surface area (Å²) in [6.45, 7) is 12.6. The van der Waals surface area contributed by atoms with Crippen LogP contribution in [0.1, 0.15) is 26.7 Å². The standard InChI is InChI=1S/C14H28O8Si.C9H20O5Si.C6H10O3/c1-12(2)14(16)22-9-8-21-13(15)11-20-7-6-10-23(17-3,18-4)19-5;1-10-15(11-2,12-3)6-4-5-13-7-9-8-14-9;1-5(2)6(8)9-4-3-7/h13,15H,1,6-11H2,2-5H3;9H,4-8H2,1-3H3;7H,1,3-4H2,2H3. The number of ether oxygens (including phenoxy) is 6. The molecule has 0 radical (unpaired) electrons. The minimum Gasteiger partial charge on any atom is -0.460 e.